The summed E-state index contributed by atoms with van der Waals surface area (Å²) in [7, 11) is -2.89. The van der Waals surface area contributed by atoms with E-state index < -0.39 is 7.37 Å². The molecular weight excluding hydrogens is 441 g/mol. The predicted molar refractivity (Wildman–Crippen MR) is 145 cm³/mol. The Morgan fingerprint density at radius 1 is 0.941 bits per heavy atom. The number of hydrogen-bond acceptors (Lipinski definition) is 3. The van der Waals surface area contributed by atoms with Crippen LogP contribution in [0.25, 0.3) is 0 Å². The lowest BCUT2D eigenvalue weighted by Crippen LogP contribution is -2.15. The fourth-order valence-electron chi connectivity index (χ4n) is 4.29. The Morgan fingerprint density at radius 3 is 2.32 bits per heavy atom. The van der Waals surface area contributed by atoms with Gasteiger partial charge in [-0.1, -0.05) is 62.9 Å². The van der Waals surface area contributed by atoms with E-state index in [0.29, 0.717) is 12.6 Å². The molecule has 2 rings (SSSR count). The van der Waals surface area contributed by atoms with E-state index in [9.17, 15) is 9.46 Å². The minimum absolute atomic E-state index is 0.372. The molecule has 2 N–H and O–H groups in total. The maximum atomic E-state index is 11.3. The van der Waals surface area contributed by atoms with Crippen LogP contribution in [0.5, 0.6) is 5.75 Å². The second-order valence-corrected chi connectivity index (χ2v) is 12.5. The summed E-state index contributed by atoms with van der Waals surface area (Å²) in [5, 5.41) is 3.33. The van der Waals surface area contributed by atoms with Crippen molar-refractivity contribution in [3.8, 4) is 5.75 Å². The van der Waals surface area contributed by atoms with E-state index in [1.54, 1.807) is 0 Å². The minimum atomic E-state index is -2.89. The van der Waals surface area contributed by atoms with Crippen molar-refractivity contribution < 1.29 is 14.2 Å². The van der Waals surface area contributed by atoms with Crippen LogP contribution in [0.3, 0.4) is 0 Å². The van der Waals surface area contributed by atoms with Gasteiger partial charge in [0.05, 0.1) is 6.61 Å². The number of benzene rings is 2. The molecule has 2 atom stereocenters. The summed E-state index contributed by atoms with van der Waals surface area (Å²) in [6.07, 6.45) is 9.76. The largest absolute Gasteiger partial charge is 0.494 e. The molecule has 190 valence electrons. The fraction of sp³-hybridized carbons (Fsp3) is 0.586. The highest BCUT2D eigenvalue weighted by Gasteiger charge is 2.11. The van der Waals surface area contributed by atoms with Gasteiger partial charge in [0.25, 0.3) is 0 Å². The van der Waals surface area contributed by atoms with E-state index in [1.807, 2.05) is 12.1 Å². The third kappa shape index (κ3) is 12.2. The topological polar surface area (TPSA) is 58.6 Å². The molecule has 0 aromatic heterocycles. The van der Waals surface area contributed by atoms with Crippen molar-refractivity contribution in [1.82, 2.24) is 5.32 Å². The average molecular weight is 488 g/mol. The summed E-state index contributed by atoms with van der Waals surface area (Å²) < 4.78 is 17.3. The summed E-state index contributed by atoms with van der Waals surface area (Å²) in [6, 6.07) is 15.2. The lowest BCUT2D eigenvalue weighted by molar-refractivity contribution is 0.286. The molecule has 0 heterocycles. The van der Waals surface area contributed by atoms with E-state index >= 15 is 0 Å². The molecule has 0 bridgehead atoms. The number of aryl methyl sites for hydroxylation is 2. The molecule has 0 aliphatic rings. The van der Waals surface area contributed by atoms with Crippen molar-refractivity contribution in [2.75, 3.05) is 26.0 Å². The molecule has 0 amide bonds. The van der Waals surface area contributed by atoms with E-state index in [4.69, 9.17) is 4.74 Å². The standard InChI is InChI=1S/C29H46NO3P/c1-5-6-7-10-26(22-28-13-12-24(2)25(3)21-28)11-8-19-33-29-16-14-27(15-17-29)23-30-18-9-20-34(4,31)32/h12-17,21,26,30H,5-11,18-20,22-23H2,1-4H3,(H,31,32). The number of ether oxygens (including phenoxy) is 1. The van der Waals surface area contributed by atoms with Crippen molar-refractivity contribution in [2.45, 2.75) is 78.7 Å². The highest BCUT2D eigenvalue weighted by atomic mass is 31.2. The molecule has 34 heavy (non-hydrogen) atoms. The van der Waals surface area contributed by atoms with Gasteiger partial charge in [0.1, 0.15) is 5.75 Å². The first kappa shape index (κ1) is 28.6. The third-order valence-electron chi connectivity index (χ3n) is 6.52. The molecule has 2 aromatic carbocycles. The molecule has 0 saturated carbocycles. The second-order valence-electron chi connectivity index (χ2n) is 9.92. The van der Waals surface area contributed by atoms with Crippen LogP contribution in [-0.2, 0) is 17.5 Å². The van der Waals surface area contributed by atoms with Crippen molar-refractivity contribution in [1.29, 1.82) is 0 Å². The van der Waals surface area contributed by atoms with Crippen LogP contribution in [0.4, 0.5) is 0 Å². The first-order valence-corrected chi connectivity index (χ1v) is 15.3. The summed E-state index contributed by atoms with van der Waals surface area (Å²) in [4.78, 5) is 9.33. The molecule has 5 heteroatoms. The Hall–Kier alpha value is -1.61. The van der Waals surface area contributed by atoms with Crippen LogP contribution in [0, 0.1) is 19.8 Å². The monoisotopic (exact) mass is 487 g/mol. The number of rotatable bonds is 17. The molecule has 0 aliphatic heterocycles. The first-order chi connectivity index (χ1) is 16.3. The van der Waals surface area contributed by atoms with Gasteiger partial charge in [-0.25, -0.2) is 0 Å². The maximum Gasteiger partial charge on any atom is 0.197 e. The van der Waals surface area contributed by atoms with Gasteiger partial charge in [-0.05, 0) is 86.4 Å². The molecule has 2 unspecified atom stereocenters. The average Bonchev–Trinajstić information content (AvgIpc) is 2.79. The Kier molecular flexibility index (Phi) is 13.0. The molecular formula is C29H46NO3P. The molecule has 0 fully saturated rings. The summed E-state index contributed by atoms with van der Waals surface area (Å²) in [6.45, 7) is 10.4. The highest BCUT2D eigenvalue weighted by molar-refractivity contribution is 7.57. The maximum absolute atomic E-state index is 11.3. The Morgan fingerprint density at radius 2 is 1.65 bits per heavy atom. The summed E-state index contributed by atoms with van der Waals surface area (Å²) in [5.41, 5.74) is 5.43. The molecule has 2 aromatic rings. The summed E-state index contributed by atoms with van der Waals surface area (Å²) >= 11 is 0. The van der Waals surface area contributed by atoms with E-state index in [-0.39, 0.29) is 0 Å². The van der Waals surface area contributed by atoms with Gasteiger partial charge in [-0.15, -0.1) is 0 Å². The zero-order chi connectivity index (χ0) is 24.8. The lowest BCUT2D eigenvalue weighted by Gasteiger charge is -2.18. The van der Waals surface area contributed by atoms with Crippen LogP contribution in [0.1, 0.15) is 74.1 Å². The SMILES string of the molecule is CCCCCC(CCCOc1ccc(CNCCCP(C)(=O)O)cc1)Cc1ccc(C)c(C)c1. The number of unbranched alkanes of at least 4 members (excludes halogenated alkanes) is 2. The van der Waals surface area contributed by atoms with Crippen molar-refractivity contribution >= 4 is 7.37 Å². The normalized spacial score (nSPS) is 14.0. The van der Waals surface area contributed by atoms with Gasteiger partial charge in [0.15, 0.2) is 7.37 Å². The first-order valence-electron chi connectivity index (χ1n) is 13.0. The van der Waals surface area contributed by atoms with E-state index in [0.717, 1.165) is 37.8 Å². The van der Waals surface area contributed by atoms with Crippen molar-refractivity contribution in [3.05, 3.63) is 64.7 Å². The van der Waals surface area contributed by atoms with E-state index in [2.05, 4.69) is 56.4 Å². The van der Waals surface area contributed by atoms with Gasteiger partial charge >= 0.3 is 0 Å². The third-order valence-corrected chi connectivity index (χ3v) is 7.66. The van der Waals surface area contributed by atoms with Crippen molar-refractivity contribution in [2.24, 2.45) is 5.92 Å². The van der Waals surface area contributed by atoms with Crippen molar-refractivity contribution in [3.63, 3.8) is 0 Å². The highest BCUT2D eigenvalue weighted by Crippen LogP contribution is 2.35. The van der Waals surface area contributed by atoms with E-state index in [1.165, 1.54) is 67.4 Å². The summed E-state index contributed by atoms with van der Waals surface area (Å²) in [5.74, 6) is 1.64. The Bertz CT molecular complexity index is 875. The van der Waals surface area contributed by atoms with Crippen LogP contribution in [0.15, 0.2) is 42.5 Å². The van der Waals surface area contributed by atoms with Crippen LogP contribution in [-0.4, -0.2) is 30.9 Å². The molecule has 0 aliphatic carbocycles. The second kappa shape index (κ2) is 15.4. The Balaban J connectivity index is 1.72. The predicted octanol–water partition coefficient (Wildman–Crippen LogP) is 7.28. The minimum Gasteiger partial charge on any atom is -0.494 e. The molecule has 4 nitrogen and oxygen atoms in total. The Labute approximate surface area is 208 Å². The fourth-order valence-corrected chi connectivity index (χ4v) is 5.04. The lowest BCUT2D eigenvalue weighted by atomic mass is 9.89. The smallest absolute Gasteiger partial charge is 0.197 e. The van der Waals surface area contributed by atoms with Crippen LogP contribution >= 0.6 is 7.37 Å². The molecule has 0 radical (unpaired) electrons. The van der Waals surface area contributed by atoms with Crippen LogP contribution in [0.2, 0.25) is 0 Å². The van der Waals surface area contributed by atoms with Crippen LogP contribution < -0.4 is 10.1 Å². The zero-order valence-electron chi connectivity index (χ0n) is 21.8. The zero-order valence-corrected chi connectivity index (χ0v) is 22.7. The van der Waals surface area contributed by atoms with Gasteiger partial charge < -0.3 is 14.9 Å². The number of hydrogen-bond donors (Lipinski definition) is 2. The van der Waals surface area contributed by atoms with Gasteiger partial charge in [-0.2, -0.15) is 0 Å². The quantitative estimate of drug-likeness (QED) is 0.182. The molecule has 0 saturated heterocycles. The number of nitrogens with one attached hydrogen (secondary N) is 1. The van der Waals surface area contributed by atoms with Gasteiger partial charge in [-0.3, -0.25) is 4.57 Å². The molecule has 0 spiro atoms. The van der Waals surface area contributed by atoms with Gasteiger partial charge in [0, 0.05) is 19.4 Å². The van der Waals surface area contributed by atoms with Gasteiger partial charge in [0.2, 0.25) is 0 Å².